The number of carbonyl (C=O) groups is 1. The van der Waals surface area contributed by atoms with Gasteiger partial charge in [-0.1, -0.05) is 72.2 Å². The Bertz CT molecular complexity index is 944. The van der Waals surface area contributed by atoms with Crippen LogP contribution < -0.4 is 10.1 Å². The van der Waals surface area contributed by atoms with Crippen molar-refractivity contribution >= 4 is 22.0 Å². The predicted octanol–water partition coefficient (Wildman–Crippen LogP) is 5.66. The fourth-order valence-electron chi connectivity index (χ4n) is 3.18. The summed E-state index contributed by atoms with van der Waals surface area (Å²) in [7, 11) is 0. The number of rotatable bonds is 9. The van der Waals surface area contributed by atoms with Crippen molar-refractivity contribution in [3.05, 3.63) is 73.3 Å². The summed E-state index contributed by atoms with van der Waals surface area (Å²) in [4.78, 5) is 16.5. The third-order valence-corrected chi connectivity index (χ3v) is 6.41. The maximum atomic E-state index is 12.3. The zero-order valence-corrected chi connectivity index (χ0v) is 19.6. The number of aromatic nitrogens is 2. The van der Waals surface area contributed by atoms with Crippen molar-refractivity contribution in [3.63, 3.8) is 0 Å². The number of hydrogen-bond donors (Lipinski definition) is 1. The van der Waals surface area contributed by atoms with Crippen LogP contribution in [0.5, 0.6) is 5.75 Å². The summed E-state index contributed by atoms with van der Waals surface area (Å²) >= 11 is 3.56. The molecule has 6 nitrogen and oxygen atoms in total. The van der Waals surface area contributed by atoms with Crippen LogP contribution in [0.2, 0.25) is 0 Å². The Hall–Kier alpha value is -2.80. The van der Waals surface area contributed by atoms with E-state index in [0.29, 0.717) is 17.6 Å². The molecule has 1 N–H and O–H groups in total. The Labute approximate surface area is 191 Å². The van der Waals surface area contributed by atoms with E-state index in [1.165, 1.54) is 0 Å². The number of nitrogens with one attached hydrogen (secondary N) is 1. The van der Waals surface area contributed by atoms with Crippen LogP contribution in [-0.4, -0.2) is 33.6 Å². The fraction of sp³-hybridized carbons (Fsp3) is 0.333. The molecule has 0 spiro atoms. The molecule has 0 radical (unpaired) electrons. The quantitative estimate of drug-likeness (QED) is 0.396. The van der Waals surface area contributed by atoms with Gasteiger partial charge in [-0.3, -0.25) is 4.57 Å². The number of benzene rings is 2. The first-order valence-corrected chi connectivity index (χ1v) is 11.4. The van der Waals surface area contributed by atoms with Gasteiger partial charge in [0.2, 0.25) is 6.23 Å². The van der Waals surface area contributed by atoms with E-state index in [2.05, 4.69) is 38.4 Å². The van der Waals surface area contributed by atoms with Gasteiger partial charge in [-0.15, -0.1) is 0 Å². The lowest BCUT2D eigenvalue weighted by Gasteiger charge is -2.37. The van der Waals surface area contributed by atoms with Crippen LogP contribution in [0.3, 0.4) is 0 Å². The average molecular weight is 486 g/mol. The fourth-order valence-corrected chi connectivity index (χ4v) is 3.50. The molecule has 7 heteroatoms. The first-order valence-electron chi connectivity index (χ1n) is 10.2. The van der Waals surface area contributed by atoms with Gasteiger partial charge in [-0.05, 0) is 30.2 Å². The first kappa shape index (κ1) is 22.9. The summed E-state index contributed by atoms with van der Waals surface area (Å²) < 4.78 is 14.0. The molecule has 31 heavy (non-hydrogen) atoms. The van der Waals surface area contributed by atoms with E-state index in [1.54, 1.807) is 18.7 Å². The van der Waals surface area contributed by atoms with Crippen LogP contribution in [0.4, 0.5) is 4.79 Å². The lowest BCUT2D eigenvalue weighted by molar-refractivity contribution is -0.0723. The Kier molecular flexibility index (Phi) is 7.74. The van der Waals surface area contributed by atoms with Crippen molar-refractivity contribution in [1.82, 2.24) is 14.9 Å². The lowest BCUT2D eigenvalue weighted by Crippen LogP contribution is -2.46. The van der Waals surface area contributed by atoms with Crippen LogP contribution in [0.25, 0.3) is 11.1 Å². The Balaban J connectivity index is 1.90. The number of halogens is 1. The summed E-state index contributed by atoms with van der Waals surface area (Å²) in [5, 5.41) is 3.32. The molecular formula is C24H28BrN3O3. The highest BCUT2D eigenvalue weighted by molar-refractivity contribution is 9.09. The number of nitrogens with zero attached hydrogens (tertiary/aromatic N) is 2. The van der Waals surface area contributed by atoms with Gasteiger partial charge < -0.3 is 14.8 Å². The SMILES string of the molecule is CCNC(=O)OC(C(Oc1ccc(-c2ccccc2)cc1)n1ccnc1)C(C)(C)CBr. The number of carbonyl (C=O) groups excluding carboxylic acids is 1. The molecule has 0 aliphatic heterocycles. The molecule has 3 aromatic rings. The van der Waals surface area contributed by atoms with Crippen molar-refractivity contribution in [3.8, 4) is 16.9 Å². The third-order valence-electron chi connectivity index (χ3n) is 4.97. The molecule has 2 unspecified atom stereocenters. The molecule has 2 aromatic carbocycles. The van der Waals surface area contributed by atoms with E-state index < -0.39 is 23.8 Å². The molecule has 1 heterocycles. The van der Waals surface area contributed by atoms with Gasteiger partial charge in [0.15, 0.2) is 6.10 Å². The molecule has 2 atom stereocenters. The second-order valence-electron chi connectivity index (χ2n) is 7.89. The van der Waals surface area contributed by atoms with Crippen molar-refractivity contribution in [2.75, 3.05) is 11.9 Å². The van der Waals surface area contributed by atoms with Crippen LogP contribution in [0.1, 0.15) is 27.0 Å². The minimum atomic E-state index is -0.597. The molecule has 0 fully saturated rings. The van der Waals surface area contributed by atoms with E-state index in [4.69, 9.17) is 9.47 Å². The van der Waals surface area contributed by atoms with Crippen molar-refractivity contribution in [2.24, 2.45) is 5.41 Å². The van der Waals surface area contributed by atoms with E-state index in [1.807, 2.05) is 67.8 Å². The highest BCUT2D eigenvalue weighted by Gasteiger charge is 2.41. The highest BCUT2D eigenvalue weighted by Crippen LogP contribution is 2.35. The molecule has 0 bridgehead atoms. The van der Waals surface area contributed by atoms with Crippen molar-refractivity contribution in [2.45, 2.75) is 33.1 Å². The van der Waals surface area contributed by atoms with Gasteiger partial charge in [0.25, 0.3) is 0 Å². The number of amides is 1. The first-order chi connectivity index (χ1) is 14.9. The van der Waals surface area contributed by atoms with Crippen LogP contribution in [0, 0.1) is 5.41 Å². The van der Waals surface area contributed by atoms with Gasteiger partial charge in [-0.2, -0.15) is 0 Å². The van der Waals surface area contributed by atoms with Crippen LogP contribution in [0.15, 0.2) is 73.3 Å². The molecule has 1 amide bonds. The third kappa shape index (κ3) is 5.88. The molecule has 0 aliphatic carbocycles. The number of imidazole rings is 1. The number of alkyl halides is 1. The standard InChI is InChI=1S/C24H28BrN3O3/c1-4-27-23(29)31-21(24(2,3)16-25)22(28-15-14-26-17-28)30-20-12-10-19(11-13-20)18-8-6-5-7-9-18/h5-15,17,21-22H,4,16H2,1-3H3,(H,27,29). The highest BCUT2D eigenvalue weighted by atomic mass is 79.9. The maximum Gasteiger partial charge on any atom is 0.407 e. The van der Waals surface area contributed by atoms with Gasteiger partial charge >= 0.3 is 6.09 Å². The smallest absolute Gasteiger partial charge is 0.407 e. The second kappa shape index (κ2) is 10.5. The van der Waals surface area contributed by atoms with Gasteiger partial charge in [0, 0.05) is 29.7 Å². The topological polar surface area (TPSA) is 65.4 Å². The average Bonchev–Trinajstić information content (AvgIpc) is 3.32. The summed E-state index contributed by atoms with van der Waals surface area (Å²) in [5.74, 6) is 0.674. The van der Waals surface area contributed by atoms with E-state index in [0.717, 1.165) is 11.1 Å². The number of alkyl carbamates (subject to hydrolysis) is 1. The monoisotopic (exact) mass is 485 g/mol. The Morgan fingerprint density at radius 3 is 2.39 bits per heavy atom. The molecule has 164 valence electrons. The molecule has 3 rings (SSSR count). The zero-order valence-electron chi connectivity index (χ0n) is 18.0. The molecule has 0 aliphatic rings. The summed E-state index contributed by atoms with van der Waals surface area (Å²) in [6.07, 6.45) is 3.50. The predicted molar refractivity (Wildman–Crippen MR) is 125 cm³/mol. The van der Waals surface area contributed by atoms with Gasteiger partial charge in [-0.25, -0.2) is 9.78 Å². The number of hydrogen-bond acceptors (Lipinski definition) is 4. The minimum Gasteiger partial charge on any atom is -0.466 e. The summed E-state index contributed by atoms with van der Waals surface area (Å²) in [6, 6.07) is 18.1. The second-order valence-corrected chi connectivity index (χ2v) is 8.45. The molecule has 0 saturated carbocycles. The van der Waals surface area contributed by atoms with Crippen LogP contribution >= 0.6 is 15.9 Å². The van der Waals surface area contributed by atoms with E-state index >= 15 is 0 Å². The van der Waals surface area contributed by atoms with Crippen molar-refractivity contribution in [1.29, 1.82) is 0 Å². The summed E-state index contributed by atoms with van der Waals surface area (Å²) in [6.45, 7) is 6.39. The van der Waals surface area contributed by atoms with Gasteiger partial charge in [0.05, 0.1) is 6.33 Å². The van der Waals surface area contributed by atoms with E-state index in [9.17, 15) is 4.79 Å². The summed E-state index contributed by atoms with van der Waals surface area (Å²) in [5.41, 5.74) is 1.82. The Morgan fingerprint density at radius 1 is 1.13 bits per heavy atom. The molecule has 0 saturated heterocycles. The lowest BCUT2D eigenvalue weighted by atomic mass is 9.87. The largest absolute Gasteiger partial charge is 0.466 e. The normalized spacial score (nSPS) is 13.3. The van der Waals surface area contributed by atoms with E-state index in [-0.39, 0.29) is 0 Å². The minimum absolute atomic E-state index is 0.413. The van der Waals surface area contributed by atoms with Crippen molar-refractivity contribution < 1.29 is 14.3 Å². The maximum absolute atomic E-state index is 12.3. The molecular weight excluding hydrogens is 458 g/mol. The molecule has 1 aromatic heterocycles. The number of ether oxygens (including phenoxy) is 2. The van der Waals surface area contributed by atoms with Crippen LogP contribution in [-0.2, 0) is 4.74 Å². The zero-order chi connectivity index (χ0) is 22.3. The Morgan fingerprint density at radius 2 is 1.81 bits per heavy atom. The van der Waals surface area contributed by atoms with Gasteiger partial charge in [0.1, 0.15) is 5.75 Å².